The Morgan fingerprint density at radius 1 is 1.16 bits per heavy atom. The van der Waals surface area contributed by atoms with E-state index in [1.54, 1.807) is 37.3 Å². The number of hydrogen-bond acceptors (Lipinski definition) is 7. The number of thioether (sulfide) groups is 1. The van der Waals surface area contributed by atoms with E-state index in [2.05, 4.69) is 4.99 Å². The van der Waals surface area contributed by atoms with Crippen molar-refractivity contribution in [2.24, 2.45) is 10.9 Å². The maximum atomic E-state index is 13.1. The predicted molar refractivity (Wildman–Crippen MR) is 119 cm³/mol. The quantitative estimate of drug-likeness (QED) is 0.395. The highest BCUT2D eigenvalue weighted by Crippen LogP contribution is 2.39. The van der Waals surface area contributed by atoms with Gasteiger partial charge in [-0.15, -0.1) is 0 Å². The van der Waals surface area contributed by atoms with E-state index >= 15 is 0 Å². The number of ether oxygens (including phenoxy) is 2. The second-order valence-electron chi connectivity index (χ2n) is 6.67. The highest BCUT2D eigenvalue weighted by atomic mass is 32.2. The lowest BCUT2D eigenvalue weighted by Crippen LogP contribution is -2.27. The zero-order valence-corrected chi connectivity index (χ0v) is 17.8. The van der Waals surface area contributed by atoms with Gasteiger partial charge < -0.3 is 14.6 Å². The topological polar surface area (TPSA) is 102 Å². The smallest absolute Gasteiger partial charge is 0.341 e. The Bertz CT molecular complexity index is 1060. The summed E-state index contributed by atoms with van der Waals surface area (Å²) in [5.74, 6) is -2.98. The van der Waals surface area contributed by atoms with Crippen LogP contribution in [0.2, 0.25) is 0 Å². The standard InChI is InChI=1S/C23H21NO6S/c1-3-29-23(28)20-21(27)18(31-22(20)24-16-10-8-14(2)9-11-16)12-15-6-4-5-7-17(15)30-13-19(25)26/h4-12,20H,3,13H2,1-2H3,(H,25,26)/b18-12-,24-22?. The summed E-state index contributed by atoms with van der Waals surface area (Å²) in [6, 6.07) is 14.2. The summed E-state index contributed by atoms with van der Waals surface area (Å²) in [4.78, 5) is 41.2. The number of aliphatic imine (C=N–C) groups is 1. The number of aliphatic carboxylic acids is 1. The second kappa shape index (κ2) is 10.1. The minimum atomic E-state index is -1.13. The fourth-order valence-corrected chi connectivity index (χ4v) is 3.96. The van der Waals surface area contributed by atoms with Gasteiger partial charge in [0.2, 0.25) is 0 Å². The number of ketones is 1. The van der Waals surface area contributed by atoms with Crippen molar-refractivity contribution in [3.63, 3.8) is 0 Å². The highest BCUT2D eigenvalue weighted by molar-refractivity contribution is 8.19. The number of carbonyl (C=O) groups is 3. The molecule has 1 aliphatic heterocycles. The van der Waals surface area contributed by atoms with Crippen LogP contribution in [0, 0.1) is 12.8 Å². The van der Waals surface area contributed by atoms with E-state index in [1.807, 2.05) is 31.2 Å². The van der Waals surface area contributed by atoms with E-state index in [0.717, 1.165) is 17.3 Å². The van der Waals surface area contributed by atoms with E-state index in [-0.39, 0.29) is 6.61 Å². The second-order valence-corrected chi connectivity index (χ2v) is 7.73. The Kier molecular flexibility index (Phi) is 7.25. The molecule has 1 fully saturated rings. The van der Waals surface area contributed by atoms with Crippen LogP contribution in [0.3, 0.4) is 0 Å². The van der Waals surface area contributed by atoms with Crippen LogP contribution >= 0.6 is 11.8 Å². The van der Waals surface area contributed by atoms with Gasteiger partial charge in [0.1, 0.15) is 10.8 Å². The van der Waals surface area contributed by atoms with Crippen LogP contribution in [0.5, 0.6) is 5.75 Å². The molecule has 0 bridgehead atoms. The maximum absolute atomic E-state index is 13.1. The molecule has 0 spiro atoms. The molecule has 1 atom stereocenters. The Morgan fingerprint density at radius 2 is 1.87 bits per heavy atom. The van der Waals surface area contributed by atoms with E-state index in [1.165, 1.54) is 0 Å². The molecule has 0 aromatic heterocycles. The molecule has 1 heterocycles. The Labute approximate surface area is 183 Å². The molecule has 1 N–H and O–H groups in total. The van der Waals surface area contributed by atoms with E-state index < -0.39 is 30.2 Å². The molecule has 3 rings (SSSR count). The fraction of sp³-hybridized carbons (Fsp3) is 0.217. The molecular weight excluding hydrogens is 418 g/mol. The largest absolute Gasteiger partial charge is 0.481 e. The van der Waals surface area contributed by atoms with Gasteiger partial charge in [0.15, 0.2) is 18.3 Å². The molecule has 1 aliphatic rings. The number of nitrogens with zero attached hydrogens (tertiary/aromatic N) is 1. The molecule has 2 aromatic rings. The lowest BCUT2D eigenvalue weighted by atomic mass is 10.0. The molecule has 8 heteroatoms. The van der Waals surface area contributed by atoms with Crippen LogP contribution in [0.4, 0.5) is 5.69 Å². The van der Waals surface area contributed by atoms with Crippen molar-refractivity contribution < 1.29 is 29.0 Å². The molecule has 0 amide bonds. The van der Waals surface area contributed by atoms with Gasteiger partial charge in [-0.2, -0.15) is 0 Å². The van der Waals surface area contributed by atoms with Crippen molar-refractivity contribution in [3.8, 4) is 5.75 Å². The summed E-state index contributed by atoms with van der Waals surface area (Å²) < 4.78 is 10.4. The van der Waals surface area contributed by atoms with E-state index in [0.29, 0.717) is 26.9 Å². The lowest BCUT2D eigenvalue weighted by molar-refractivity contribution is -0.147. The van der Waals surface area contributed by atoms with Gasteiger partial charge in [-0.05, 0) is 38.1 Å². The van der Waals surface area contributed by atoms with Gasteiger partial charge in [0.05, 0.1) is 17.2 Å². The van der Waals surface area contributed by atoms with Crippen LogP contribution in [-0.4, -0.2) is 41.1 Å². The van der Waals surface area contributed by atoms with Crippen molar-refractivity contribution in [1.82, 2.24) is 0 Å². The normalized spacial score (nSPS) is 18.4. The number of esters is 1. The third-order valence-corrected chi connectivity index (χ3v) is 5.39. The molecule has 0 aliphatic carbocycles. The zero-order chi connectivity index (χ0) is 22.4. The third-order valence-electron chi connectivity index (χ3n) is 4.32. The van der Waals surface area contributed by atoms with Crippen LogP contribution in [0.1, 0.15) is 18.1 Å². The van der Waals surface area contributed by atoms with Crippen molar-refractivity contribution in [2.45, 2.75) is 13.8 Å². The van der Waals surface area contributed by atoms with Gasteiger partial charge >= 0.3 is 11.9 Å². The Hall–Kier alpha value is -3.39. The summed E-state index contributed by atoms with van der Waals surface area (Å²) in [5.41, 5.74) is 2.22. The van der Waals surface area contributed by atoms with Gasteiger partial charge in [0.25, 0.3) is 0 Å². The first kappa shape index (κ1) is 22.3. The summed E-state index contributed by atoms with van der Waals surface area (Å²) >= 11 is 1.10. The molecule has 0 saturated carbocycles. The Morgan fingerprint density at radius 3 is 2.55 bits per heavy atom. The van der Waals surface area contributed by atoms with Gasteiger partial charge in [-0.25, -0.2) is 9.79 Å². The van der Waals surface area contributed by atoms with Crippen molar-refractivity contribution in [2.75, 3.05) is 13.2 Å². The molecular formula is C23H21NO6S. The molecule has 160 valence electrons. The molecule has 7 nitrogen and oxygen atoms in total. The monoisotopic (exact) mass is 439 g/mol. The number of Topliss-reactive ketones (excluding diaryl/α,β-unsaturated/α-hetero) is 1. The number of carboxylic acids is 1. The summed E-state index contributed by atoms with van der Waals surface area (Å²) in [7, 11) is 0. The first-order valence-corrected chi connectivity index (χ1v) is 10.4. The van der Waals surface area contributed by atoms with Crippen LogP contribution in [-0.2, 0) is 19.1 Å². The number of carboxylic acid groups (broad SMARTS) is 1. The molecule has 1 unspecified atom stereocenters. The highest BCUT2D eigenvalue weighted by Gasteiger charge is 2.43. The van der Waals surface area contributed by atoms with E-state index in [4.69, 9.17) is 14.6 Å². The summed E-state index contributed by atoms with van der Waals surface area (Å²) in [5, 5.41) is 9.20. The SMILES string of the molecule is CCOC(=O)C1C(=O)/C(=C/c2ccccc2OCC(=O)O)SC1=Nc1ccc(C)cc1. The number of aryl methyl sites for hydroxylation is 1. The Balaban J connectivity index is 1.97. The molecule has 0 radical (unpaired) electrons. The van der Waals surface area contributed by atoms with Gasteiger partial charge in [0, 0.05) is 5.56 Å². The number of allylic oxidation sites excluding steroid dienone is 1. The van der Waals surface area contributed by atoms with Crippen LogP contribution in [0.25, 0.3) is 6.08 Å². The van der Waals surface area contributed by atoms with Crippen LogP contribution in [0.15, 0.2) is 58.4 Å². The van der Waals surface area contributed by atoms with E-state index in [9.17, 15) is 14.4 Å². The first-order chi connectivity index (χ1) is 14.9. The summed E-state index contributed by atoms with van der Waals surface area (Å²) in [6.07, 6.45) is 1.58. The van der Waals surface area contributed by atoms with Crippen molar-refractivity contribution >= 4 is 46.3 Å². The van der Waals surface area contributed by atoms with Crippen molar-refractivity contribution in [1.29, 1.82) is 0 Å². The average Bonchev–Trinajstić information content (AvgIpc) is 3.04. The minimum Gasteiger partial charge on any atom is -0.481 e. The average molecular weight is 439 g/mol. The molecule has 2 aromatic carbocycles. The number of benzene rings is 2. The van der Waals surface area contributed by atoms with Gasteiger partial charge in [-0.1, -0.05) is 47.7 Å². The predicted octanol–water partition coefficient (Wildman–Crippen LogP) is 4.02. The number of carbonyl (C=O) groups excluding carboxylic acids is 2. The zero-order valence-electron chi connectivity index (χ0n) is 17.0. The number of hydrogen-bond donors (Lipinski definition) is 1. The molecule has 31 heavy (non-hydrogen) atoms. The summed E-state index contributed by atoms with van der Waals surface area (Å²) in [6.45, 7) is 3.27. The van der Waals surface area contributed by atoms with Crippen molar-refractivity contribution in [3.05, 3.63) is 64.6 Å². The minimum absolute atomic E-state index is 0.149. The third kappa shape index (κ3) is 5.61. The van der Waals surface area contributed by atoms with Crippen LogP contribution < -0.4 is 4.74 Å². The first-order valence-electron chi connectivity index (χ1n) is 9.58. The van der Waals surface area contributed by atoms with Gasteiger partial charge in [-0.3, -0.25) is 9.59 Å². The number of para-hydroxylation sites is 1. The maximum Gasteiger partial charge on any atom is 0.341 e. The number of rotatable bonds is 7. The lowest BCUT2D eigenvalue weighted by Gasteiger charge is -2.08. The fourth-order valence-electron chi connectivity index (χ4n) is 2.86. The molecule has 1 saturated heterocycles.